The molecule has 2 aromatic rings. The third-order valence-corrected chi connectivity index (χ3v) is 6.55. The number of aromatic nitrogens is 1. The highest BCUT2D eigenvalue weighted by molar-refractivity contribution is 5.24. The second kappa shape index (κ2) is 9.53. The van der Waals surface area contributed by atoms with Gasteiger partial charge in [-0.25, -0.2) is 0 Å². The molecule has 1 atom stereocenters. The molecular weight excluding hydrogens is 346 g/mol. The first-order valence-electron chi connectivity index (χ1n) is 10.7. The number of nitrogens with two attached hydrogens (primary N) is 1. The van der Waals surface area contributed by atoms with Gasteiger partial charge in [-0.05, 0) is 55.8 Å². The molecule has 3 rings (SSSR count). The predicted molar refractivity (Wildman–Crippen MR) is 116 cm³/mol. The lowest BCUT2D eigenvalue weighted by atomic mass is 9.76. The summed E-state index contributed by atoms with van der Waals surface area (Å²) in [5, 5.41) is 0. The summed E-state index contributed by atoms with van der Waals surface area (Å²) in [7, 11) is 0. The first kappa shape index (κ1) is 20.8. The largest absolute Gasteiger partial charge is 0.329 e. The first-order valence-corrected chi connectivity index (χ1v) is 10.7. The second-order valence-corrected chi connectivity index (χ2v) is 8.70. The highest BCUT2D eigenvalue weighted by Crippen LogP contribution is 2.33. The molecule has 28 heavy (non-hydrogen) atoms. The molecule has 3 N–H and O–H groups in total. The molecule has 0 saturated carbocycles. The number of nitrogens with zero attached hydrogens (tertiary/aromatic N) is 1. The van der Waals surface area contributed by atoms with Gasteiger partial charge in [0, 0.05) is 23.8 Å². The predicted octanol–water partition coefficient (Wildman–Crippen LogP) is 4.27. The number of aromatic amines is 1. The summed E-state index contributed by atoms with van der Waals surface area (Å²) in [5.74, 6) is 1.19. The van der Waals surface area contributed by atoms with Gasteiger partial charge in [0.05, 0.1) is 0 Å². The van der Waals surface area contributed by atoms with Crippen LogP contribution in [0.4, 0.5) is 0 Å². The van der Waals surface area contributed by atoms with Crippen molar-refractivity contribution in [2.24, 2.45) is 17.6 Å². The minimum Gasteiger partial charge on any atom is -0.329 e. The summed E-state index contributed by atoms with van der Waals surface area (Å²) < 4.78 is 0. The molecule has 0 aliphatic carbocycles. The van der Waals surface area contributed by atoms with E-state index in [1.165, 1.54) is 31.2 Å². The van der Waals surface area contributed by atoms with E-state index in [4.69, 9.17) is 5.73 Å². The van der Waals surface area contributed by atoms with Crippen LogP contribution in [-0.2, 0) is 12.1 Å². The topological polar surface area (TPSA) is 62.1 Å². The average Bonchev–Trinajstić information content (AvgIpc) is 2.71. The van der Waals surface area contributed by atoms with Crippen LogP contribution in [0.1, 0.15) is 57.1 Å². The van der Waals surface area contributed by atoms with E-state index < -0.39 is 0 Å². The third-order valence-electron chi connectivity index (χ3n) is 6.55. The smallest absolute Gasteiger partial charge is 0.252 e. The van der Waals surface area contributed by atoms with E-state index in [2.05, 4.69) is 54.1 Å². The molecule has 1 unspecified atom stereocenters. The molecule has 1 saturated heterocycles. The second-order valence-electron chi connectivity index (χ2n) is 8.70. The van der Waals surface area contributed by atoms with Crippen LogP contribution in [0, 0.1) is 11.8 Å². The van der Waals surface area contributed by atoms with Crippen molar-refractivity contribution in [2.75, 3.05) is 13.1 Å². The van der Waals surface area contributed by atoms with E-state index >= 15 is 0 Å². The maximum atomic E-state index is 11.9. The minimum absolute atomic E-state index is 0.0403. The molecule has 1 fully saturated rings. The number of nitrogens with one attached hydrogen (secondary N) is 1. The molecule has 0 radical (unpaired) electrons. The van der Waals surface area contributed by atoms with Gasteiger partial charge in [-0.3, -0.25) is 9.69 Å². The van der Waals surface area contributed by atoms with E-state index in [1.54, 1.807) is 6.20 Å². The summed E-state index contributed by atoms with van der Waals surface area (Å²) in [4.78, 5) is 17.0. The normalized spacial score (nSPS) is 18.3. The Hall–Kier alpha value is -1.91. The van der Waals surface area contributed by atoms with Gasteiger partial charge >= 0.3 is 0 Å². The van der Waals surface area contributed by atoms with Gasteiger partial charge in [0.2, 0.25) is 0 Å². The quantitative estimate of drug-likeness (QED) is 0.718. The number of hydrogen-bond acceptors (Lipinski definition) is 3. The van der Waals surface area contributed by atoms with Crippen LogP contribution in [0.3, 0.4) is 0 Å². The Morgan fingerprint density at radius 3 is 2.50 bits per heavy atom. The van der Waals surface area contributed by atoms with Crippen LogP contribution in [0.15, 0.2) is 53.5 Å². The molecule has 0 amide bonds. The van der Waals surface area contributed by atoms with Crippen LogP contribution < -0.4 is 11.3 Å². The Balaban J connectivity index is 1.46. The molecular formula is C24H35N3O. The Bertz CT molecular complexity index is 778. The maximum absolute atomic E-state index is 11.9. The summed E-state index contributed by atoms with van der Waals surface area (Å²) in [6, 6.07) is 14.4. The highest BCUT2D eigenvalue weighted by atomic mass is 16.1. The molecule has 2 heterocycles. The molecule has 1 aromatic carbocycles. The van der Waals surface area contributed by atoms with Gasteiger partial charge in [-0.15, -0.1) is 0 Å². The SMILES string of the molecule is CC(C)C(N)(CCCC1CCN(Cc2ccc[nH]c2=O)CC1)c1ccccc1. The van der Waals surface area contributed by atoms with Gasteiger partial charge in [0.25, 0.3) is 5.56 Å². The molecule has 152 valence electrons. The molecule has 1 aliphatic rings. The van der Waals surface area contributed by atoms with Crippen LogP contribution in [-0.4, -0.2) is 23.0 Å². The summed E-state index contributed by atoms with van der Waals surface area (Å²) in [6.07, 6.45) is 7.59. The number of rotatable bonds is 8. The van der Waals surface area contributed by atoms with E-state index in [9.17, 15) is 4.79 Å². The zero-order valence-electron chi connectivity index (χ0n) is 17.4. The summed E-state index contributed by atoms with van der Waals surface area (Å²) in [5.41, 5.74) is 8.79. The standard InChI is InChI=1S/C24H35N3O/c1-19(2)24(25,22-10-4-3-5-11-22)14-6-8-20-12-16-27(17-13-20)18-21-9-7-15-26-23(21)28/h3-5,7,9-11,15,19-20H,6,8,12-14,16-18,25H2,1-2H3,(H,26,28). The third kappa shape index (κ3) is 5.12. The average molecular weight is 382 g/mol. The lowest BCUT2D eigenvalue weighted by Gasteiger charge is -2.36. The Morgan fingerprint density at radius 2 is 1.86 bits per heavy atom. The van der Waals surface area contributed by atoms with E-state index in [-0.39, 0.29) is 11.1 Å². The fraction of sp³-hybridized carbons (Fsp3) is 0.542. The monoisotopic (exact) mass is 381 g/mol. The molecule has 1 aromatic heterocycles. The summed E-state index contributed by atoms with van der Waals surface area (Å²) >= 11 is 0. The van der Waals surface area contributed by atoms with E-state index in [0.29, 0.717) is 5.92 Å². The van der Waals surface area contributed by atoms with Crippen LogP contribution in [0.25, 0.3) is 0 Å². The molecule has 0 spiro atoms. The number of hydrogen-bond donors (Lipinski definition) is 2. The van der Waals surface area contributed by atoms with Crippen molar-refractivity contribution < 1.29 is 0 Å². The van der Waals surface area contributed by atoms with Crippen molar-refractivity contribution in [2.45, 2.75) is 58.0 Å². The molecule has 4 nitrogen and oxygen atoms in total. The van der Waals surface area contributed by atoms with Gasteiger partial charge in [0.15, 0.2) is 0 Å². The maximum Gasteiger partial charge on any atom is 0.252 e. The van der Waals surface area contributed by atoms with Crippen molar-refractivity contribution >= 4 is 0 Å². The van der Waals surface area contributed by atoms with Gasteiger partial charge in [-0.1, -0.05) is 63.1 Å². The van der Waals surface area contributed by atoms with Gasteiger partial charge in [-0.2, -0.15) is 0 Å². The van der Waals surface area contributed by atoms with Crippen molar-refractivity contribution in [1.82, 2.24) is 9.88 Å². The Kier molecular flexibility index (Phi) is 7.08. The van der Waals surface area contributed by atoms with Crippen molar-refractivity contribution in [3.05, 3.63) is 70.1 Å². The molecule has 1 aliphatic heterocycles. The van der Waals surface area contributed by atoms with Crippen molar-refractivity contribution in [1.29, 1.82) is 0 Å². The zero-order valence-corrected chi connectivity index (χ0v) is 17.4. The summed E-state index contributed by atoms with van der Waals surface area (Å²) in [6.45, 7) is 7.38. The number of benzene rings is 1. The number of H-pyrrole nitrogens is 1. The van der Waals surface area contributed by atoms with E-state index in [0.717, 1.165) is 37.5 Å². The zero-order chi connectivity index (χ0) is 20.0. The van der Waals surface area contributed by atoms with Crippen molar-refractivity contribution in [3.8, 4) is 0 Å². The van der Waals surface area contributed by atoms with E-state index in [1.807, 2.05) is 12.1 Å². The lowest BCUT2D eigenvalue weighted by Crippen LogP contribution is -2.42. The van der Waals surface area contributed by atoms with Gasteiger partial charge < -0.3 is 10.7 Å². The number of pyridine rings is 1. The Morgan fingerprint density at radius 1 is 1.14 bits per heavy atom. The van der Waals surface area contributed by atoms with Crippen LogP contribution >= 0.6 is 0 Å². The molecule has 4 heteroatoms. The van der Waals surface area contributed by atoms with Crippen LogP contribution in [0.5, 0.6) is 0 Å². The fourth-order valence-corrected chi connectivity index (χ4v) is 4.45. The fourth-order valence-electron chi connectivity index (χ4n) is 4.45. The van der Waals surface area contributed by atoms with Gasteiger partial charge in [0.1, 0.15) is 0 Å². The number of piperidine rings is 1. The molecule has 0 bridgehead atoms. The lowest BCUT2D eigenvalue weighted by molar-refractivity contribution is 0.166. The first-order chi connectivity index (χ1) is 13.5. The minimum atomic E-state index is -0.240. The van der Waals surface area contributed by atoms with Crippen LogP contribution in [0.2, 0.25) is 0 Å². The highest BCUT2D eigenvalue weighted by Gasteiger charge is 2.31. The van der Waals surface area contributed by atoms with Crippen molar-refractivity contribution in [3.63, 3.8) is 0 Å². The Labute approximate surface area is 169 Å². The number of likely N-dealkylation sites (tertiary alicyclic amines) is 1.